The number of carboxylic acids is 1. The number of aromatic nitrogens is 4. The van der Waals surface area contributed by atoms with Crippen LogP contribution < -0.4 is 0 Å². The predicted molar refractivity (Wildman–Crippen MR) is 53.7 cm³/mol. The summed E-state index contributed by atoms with van der Waals surface area (Å²) in [5.74, 6) is -0.905. The zero-order valence-electron chi connectivity index (χ0n) is 8.07. The lowest BCUT2D eigenvalue weighted by Gasteiger charge is -2.25. The maximum absolute atomic E-state index is 10.8. The van der Waals surface area contributed by atoms with Crippen molar-refractivity contribution in [2.75, 3.05) is 0 Å². The van der Waals surface area contributed by atoms with Crippen molar-refractivity contribution in [1.29, 1.82) is 0 Å². The molecule has 0 aromatic carbocycles. The smallest absolute Gasteiger partial charge is 0.306 e. The number of rotatable bonds is 2. The van der Waals surface area contributed by atoms with Crippen LogP contribution >= 0.6 is 12.6 Å². The normalized spacial score (nSPS) is 26.5. The van der Waals surface area contributed by atoms with E-state index < -0.39 is 5.97 Å². The van der Waals surface area contributed by atoms with Gasteiger partial charge in [-0.25, -0.2) is 4.68 Å². The Morgan fingerprint density at radius 2 is 2.07 bits per heavy atom. The molecule has 0 unspecified atom stereocenters. The van der Waals surface area contributed by atoms with E-state index in [0.717, 1.165) is 12.8 Å². The number of tetrazole rings is 1. The molecular formula is C8H12N4O2S. The molecule has 0 aliphatic heterocycles. The first-order valence-corrected chi connectivity index (χ1v) is 5.33. The Morgan fingerprint density at radius 1 is 1.40 bits per heavy atom. The highest BCUT2D eigenvalue weighted by Gasteiger charge is 2.28. The van der Waals surface area contributed by atoms with Crippen molar-refractivity contribution >= 4 is 18.6 Å². The van der Waals surface area contributed by atoms with Gasteiger partial charge in [-0.1, -0.05) is 0 Å². The van der Waals surface area contributed by atoms with E-state index in [9.17, 15) is 4.79 Å². The molecule has 1 fully saturated rings. The first-order chi connectivity index (χ1) is 7.18. The van der Waals surface area contributed by atoms with Gasteiger partial charge in [-0.2, -0.15) is 0 Å². The van der Waals surface area contributed by atoms with Crippen LogP contribution in [0.4, 0.5) is 0 Å². The van der Waals surface area contributed by atoms with Gasteiger partial charge in [0.15, 0.2) is 0 Å². The first-order valence-electron chi connectivity index (χ1n) is 4.88. The average Bonchev–Trinajstić information content (AvgIpc) is 2.65. The highest BCUT2D eigenvalue weighted by atomic mass is 32.1. The number of carbonyl (C=O) groups is 1. The van der Waals surface area contributed by atoms with Gasteiger partial charge in [-0.15, -0.1) is 17.7 Å². The summed E-state index contributed by atoms with van der Waals surface area (Å²) in [5.41, 5.74) is 0. The van der Waals surface area contributed by atoms with Gasteiger partial charge in [0.05, 0.1) is 12.0 Å². The summed E-state index contributed by atoms with van der Waals surface area (Å²) >= 11 is 4.13. The molecule has 1 aromatic heterocycles. The number of aliphatic carboxylic acids is 1. The number of hydrogen-bond donors (Lipinski definition) is 2. The Bertz CT molecular complexity index is 359. The van der Waals surface area contributed by atoms with Gasteiger partial charge in [-0.05, 0) is 36.1 Å². The van der Waals surface area contributed by atoms with Gasteiger partial charge in [0.2, 0.25) is 5.16 Å². The Hall–Kier alpha value is -1.11. The van der Waals surface area contributed by atoms with Crippen LogP contribution in [-0.4, -0.2) is 31.3 Å². The molecule has 1 heterocycles. The summed E-state index contributed by atoms with van der Waals surface area (Å²) in [7, 11) is 0. The average molecular weight is 228 g/mol. The monoisotopic (exact) mass is 228 g/mol. The molecule has 1 aromatic rings. The molecule has 0 spiro atoms. The van der Waals surface area contributed by atoms with Crippen molar-refractivity contribution in [2.24, 2.45) is 5.92 Å². The Kier molecular flexibility index (Phi) is 2.90. The summed E-state index contributed by atoms with van der Waals surface area (Å²) in [4.78, 5) is 10.8. The number of hydrogen-bond acceptors (Lipinski definition) is 5. The van der Waals surface area contributed by atoms with Gasteiger partial charge in [0, 0.05) is 0 Å². The van der Waals surface area contributed by atoms with Crippen molar-refractivity contribution in [2.45, 2.75) is 36.9 Å². The van der Waals surface area contributed by atoms with Crippen LogP contribution in [0.2, 0.25) is 0 Å². The van der Waals surface area contributed by atoms with E-state index in [-0.39, 0.29) is 12.0 Å². The highest BCUT2D eigenvalue weighted by Crippen LogP contribution is 2.32. The summed E-state index contributed by atoms with van der Waals surface area (Å²) < 4.78 is 1.67. The topological polar surface area (TPSA) is 80.9 Å². The number of carboxylic acid groups (broad SMARTS) is 1. The summed E-state index contributed by atoms with van der Waals surface area (Å²) in [6, 6.07) is 0.197. The minimum Gasteiger partial charge on any atom is -0.481 e. The Morgan fingerprint density at radius 3 is 2.53 bits per heavy atom. The van der Waals surface area contributed by atoms with Crippen molar-refractivity contribution in [1.82, 2.24) is 20.2 Å². The van der Waals surface area contributed by atoms with Gasteiger partial charge < -0.3 is 5.11 Å². The van der Waals surface area contributed by atoms with Crippen LogP contribution in [-0.2, 0) is 4.79 Å². The molecule has 2 rings (SSSR count). The molecule has 7 heteroatoms. The quantitative estimate of drug-likeness (QED) is 0.731. The molecule has 0 amide bonds. The van der Waals surface area contributed by atoms with Gasteiger partial charge in [0.25, 0.3) is 0 Å². The second-order valence-corrected chi connectivity index (χ2v) is 4.17. The second kappa shape index (κ2) is 4.18. The van der Waals surface area contributed by atoms with Crippen LogP contribution in [0.1, 0.15) is 31.7 Å². The van der Waals surface area contributed by atoms with E-state index in [1.165, 1.54) is 0 Å². The van der Waals surface area contributed by atoms with E-state index in [2.05, 4.69) is 28.2 Å². The molecule has 0 bridgehead atoms. The summed E-state index contributed by atoms with van der Waals surface area (Å²) in [6.45, 7) is 0. The third kappa shape index (κ3) is 2.11. The zero-order chi connectivity index (χ0) is 10.8. The molecular weight excluding hydrogens is 216 g/mol. The lowest BCUT2D eigenvalue weighted by Crippen LogP contribution is -2.24. The van der Waals surface area contributed by atoms with Crippen LogP contribution in [0.15, 0.2) is 5.16 Å². The van der Waals surface area contributed by atoms with Crippen LogP contribution in [0.25, 0.3) is 0 Å². The van der Waals surface area contributed by atoms with E-state index in [0.29, 0.717) is 18.0 Å². The second-order valence-electron chi connectivity index (χ2n) is 3.77. The maximum atomic E-state index is 10.8. The largest absolute Gasteiger partial charge is 0.481 e. The van der Waals surface area contributed by atoms with E-state index >= 15 is 0 Å². The van der Waals surface area contributed by atoms with E-state index in [4.69, 9.17) is 5.11 Å². The fourth-order valence-corrected chi connectivity index (χ4v) is 2.24. The maximum Gasteiger partial charge on any atom is 0.306 e. The van der Waals surface area contributed by atoms with Crippen molar-refractivity contribution < 1.29 is 9.90 Å². The van der Waals surface area contributed by atoms with Crippen LogP contribution in [0.3, 0.4) is 0 Å². The van der Waals surface area contributed by atoms with Gasteiger partial charge in [0.1, 0.15) is 0 Å². The molecule has 0 radical (unpaired) electrons. The fourth-order valence-electron chi connectivity index (χ4n) is 1.99. The first kappa shape index (κ1) is 10.4. The molecule has 1 saturated carbocycles. The standard InChI is InChI=1S/C8H12N4O2S/c13-7(14)5-1-3-6(4-2-5)12-8(15)9-10-11-12/h5-6H,1-4H2,(H,13,14)(H,9,11,15). The van der Waals surface area contributed by atoms with Crippen molar-refractivity contribution in [3.63, 3.8) is 0 Å². The Balaban J connectivity index is 2.00. The number of thiol groups is 1. The molecule has 1 aliphatic rings. The minimum absolute atomic E-state index is 0.197. The Labute approximate surface area is 92.1 Å². The lowest BCUT2D eigenvalue weighted by molar-refractivity contribution is -0.143. The minimum atomic E-state index is -0.698. The molecule has 6 nitrogen and oxygen atoms in total. The molecule has 0 saturated heterocycles. The van der Waals surface area contributed by atoms with Crippen LogP contribution in [0.5, 0.6) is 0 Å². The number of nitrogens with zero attached hydrogens (tertiary/aromatic N) is 4. The third-order valence-electron chi connectivity index (χ3n) is 2.87. The van der Waals surface area contributed by atoms with Crippen LogP contribution in [0, 0.1) is 5.92 Å². The SMILES string of the molecule is O=C(O)C1CCC(n2nnnc2S)CC1. The summed E-state index contributed by atoms with van der Waals surface area (Å²) in [6.07, 6.45) is 2.98. The lowest BCUT2D eigenvalue weighted by atomic mass is 9.86. The molecule has 1 aliphatic carbocycles. The summed E-state index contributed by atoms with van der Waals surface area (Å²) in [5, 5.41) is 20.4. The molecule has 0 atom stereocenters. The molecule has 15 heavy (non-hydrogen) atoms. The van der Waals surface area contributed by atoms with Crippen molar-refractivity contribution in [3.8, 4) is 0 Å². The highest BCUT2D eigenvalue weighted by molar-refractivity contribution is 7.80. The van der Waals surface area contributed by atoms with E-state index in [1.807, 2.05) is 0 Å². The van der Waals surface area contributed by atoms with Gasteiger partial charge in [-0.3, -0.25) is 4.79 Å². The predicted octanol–water partition coefficient (Wildman–Crippen LogP) is 0.778. The zero-order valence-corrected chi connectivity index (χ0v) is 8.97. The molecule has 82 valence electrons. The van der Waals surface area contributed by atoms with Gasteiger partial charge >= 0.3 is 5.97 Å². The molecule has 1 N–H and O–H groups in total. The van der Waals surface area contributed by atoms with Crippen molar-refractivity contribution in [3.05, 3.63) is 0 Å². The third-order valence-corrected chi connectivity index (χ3v) is 3.16. The fraction of sp³-hybridized carbons (Fsp3) is 0.750. The van der Waals surface area contributed by atoms with E-state index in [1.54, 1.807) is 4.68 Å².